The van der Waals surface area contributed by atoms with Crippen LogP contribution in [0.2, 0.25) is 0 Å². The lowest BCUT2D eigenvalue weighted by Gasteiger charge is -2.30. The third-order valence-corrected chi connectivity index (χ3v) is 2.80. The molecule has 0 aliphatic heterocycles. The number of ether oxygens (including phenoxy) is 1. The summed E-state index contributed by atoms with van der Waals surface area (Å²) in [5, 5.41) is 17.8. The number of H-pyrrole nitrogens is 1. The topological polar surface area (TPSA) is 71.0 Å². The molecule has 0 amide bonds. The molecule has 0 spiro atoms. The van der Waals surface area contributed by atoms with E-state index in [9.17, 15) is 5.11 Å². The monoisotopic (exact) mass is 235 g/mol. The molecule has 2 N–H and O–H groups in total. The fourth-order valence-electron chi connectivity index (χ4n) is 1.86. The van der Waals surface area contributed by atoms with E-state index in [-0.39, 0.29) is 0 Å². The number of aliphatic hydroxyl groups excluding tert-OH is 1. The third kappa shape index (κ3) is 2.30. The molecule has 2 aromatic heterocycles. The first kappa shape index (κ1) is 12.0. The SMILES string of the molecule is CCOC(C)(C)C(O)c1cnc2[nH]ncc2c1. The average molecular weight is 235 g/mol. The molecule has 0 fully saturated rings. The van der Waals surface area contributed by atoms with Gasteiger partial charge in [0.05, 0.1) is 11.8 Å². The van der Waals surface area contributed by atoms with Crippen LogP contribution in [0.3, 0.4) is 0 Å². The van der Waals surface area contributed by atoms with E-state index in [4.69, 9.17) is 4.74 Å². The number of pyridine rings is 1. The van der Waals surface area contributed by atoms with Crippen LogP contribution in [0.1, 0.15) is 32.4 Å². The van der Waals surface area contributed by atoms with Gasteiger partial charge >= 0.3 is 0 Å². The lowest BCUT2D eigenvalue weighted by atomic mass is 9.95. The molecule has 0 bridgehead atoms. The smallest absolute Gasteiger partial charge is 0.155 e. The molecule has 1 atom stereocenters. The molecule has 5 nitrogen and oxygen atoms in total. The predicted molar refractivity (Wildman–Crippen MR) is 64.6 cm³/mol. The summed E-state index contributed by atoms with van der Waals surface area (Å²) >= 11 is 0. The maximum absolute atomic E-state index is 10.3. The number of aliphatic hydroxyl groups is 1. The minimum Gasteiger partial charge on any atom is -0.385 e. The van der Waals surface area contributed by atoms with Gasteiger partial charge in [-0.25, -0.2) is 4.98 Å². The van der Waals surface area contributed by atoms with Gasteiger partial charge in [0.25, 0.3) is 0 Å². The first-order chi connectivity index (χ1) is 8.04. The second kappa shape index (κ2) is 4.43. The van der Waals surface area contributed by atoms with Crippen molar-refractivity contribution in [3.05, 3.63) is 24.0 Å². The molecule has 1 unspecified atom stereocenters. The highest BCUT2D eigenvalue weighted by molar-refractivity contribution is 5.74. The van der Waals surface area contributed by atoms with Crippen molar-refractivity contribution in [2.45, 2.75) is 32.5 Å². The maximum atomic E-state index is 10.3. The van der Waals surface area contributed by atoms with E-state index in [1.807, 2.05) is 26.8 Å². The van der Waals surface area contributed by atoms with Crippen molar-refractivity contribution in [2.24, 2.45) is 0 Å². The Balaban J connectivity index is 2.32. The summed E-state index contributed by atoms with van der Waals surface area (Å²) in [5.41, 5.74) is 0.820. The van der Waals surface area contributed by atoms with Crippen LogP contribution in [0.4, 0.5) is 0 Å². The molecule has 5 heteroatoms. The molecule has 0 saturated carbocycles. The van der Waals surface area contributed by atoms with Crippen LogP contribution in [-0.2, 0) is 4.74 Å². The third-order valence-electron chi connectivity index (χ3n) is 2.80. The molecule has 0 radical (unpaired) electrons. The zero-order valence-electron chi connectivity index (χ0n) is 10.3. The quantitative estimate of drug-likeness (QED) is 0.847. The van der Waals surface area contributed by atoms with Gasteiger partial charge in [-0.1, -0.05) is 0 Å². The van der Waals surface area contributed by atoms with Crippen molar-refractivity contribution in [3.8, 4) is 0 Å². The number of rotatable bonds is 4. The van der Waals surface area contributed by atoms with Gasteiger partial charge < -0.3 is 9.84 Å². The van der Waals surface area contributed by atoms with E-state index in [2.05, 4.69) is 15.2 Å². The molecular weight excluding hydrogens is 218 g/mol. The van der Waals surface area contributed by atoms with Crippen molar-refractivity contribution >= 4 is 11.0 Å². The van der Waals surface area contributed by atoms with Crippen LogP contribution in [0.25, 0.3) is 11.0 Å². The molecule has 0 aliphatic carbocycles. The average Bonchev–Trinajstić information content (AvgIpc) is 2.74. The minimum atomic E-state index is -0.714. The first-order valence-corrected chi connectivity index (χ1v) is 5.65. The molecule has 0 aromatic carbocycles. The van der Waals surface area contributed by atoms with Crippen LogP contribution >= 0.6 is 0 Å². The molecule has 92 valence electrons. The lowest BCUT2D eigenvalue weighted by Crippen LogP contribution is -2.32. The Kier molecular flexibility index (Phi) is 3.13. The van der Waals surface area contributed by atoms with Crippen LogP contribution in [0.15, 0.2) is 18.5 Å². The number of nitrogens with zero attached hydrogens (tertiary/aromatic N) is 2. The lowest BCUT2D eigenvalue weighted by molar-refractivity contribution is -0.0983. The van der Waals surface area contributed by atoms with E-state index in [1.54, 1.807) is 12.4 Å². The number of hydrogen-bond donors (Lipinski definition) is 2. The maximum Gasteiger partial charge on any atom is 0.155 e. The van der Waals surface area contributed by atoms with Gasteiger partial charge in [-0.05, 0) is 26.8 Å². The van der Waals surface area contributed by atoms with Crippen LogP contribution in [0, 0.1) is 0 Å². The number of aromatic amines is 1. The van der Waals surface area contributed by atoms with Crippen molar-refractivity contribution in [2.75, 3.05) is 6.61 Å². The van der Waals surface area contributed by atoms with Gasteiger partial charge in [0, 0.05) is 23.8 Å². The molecule has 2 heterocycles. The van der Waals surface area contributed by atoms with Crippen molar-refractivity contribution in [3.63, 3.8) is 0 Å². The summed E-state index contributed by atoms with van der Waals surface area (Å²) in [6.07, 6.45) is 2.62. The van der Waals surface area contributed by atoms with Gasteiger partial charge in [0.1, 0.15) is 6.10 Å². The van der Waals surface area contributed by atoms with E-state index >= 15 is 0 Å². The first-order valence-electron chi connectivity index (χ1n) is 5.65. The Morgan fingerprint density at radius 2 is 2.24 bits per heavy atom. The fraction of sp³-hybridized carbons (Fsp3) is 0.500. The summed E-state index contributed by atoms with van der Waals surface area (Å²) in [4.78, 5) is 4.20. The molecule has 0 saturated heterocycles. The molecule has 0 aliphatic rings. The normalized spacial score (nSPS) is 14.1. The van der Waals surface area contributed by atoms with Crippen molar-refractivity contribution < 1.29 is 9.84 Å². The molecule has 2 aromatic rings. The van der Waals surface area contributed by atoms with Crippen LogP contribution in [0.5, 0.6) is 0 Å². The zero-order chi connectivity index (χ0) is 12.5. The summed E-state index contributed by atoms with van der Waals surface area (Å²) in [6.45, 7) is 6.19. The molecular formula is C12H17N3O2. The summed E-state index contributed by atoms with van der Waals surface area (Å²) in [6, 6.07) is 1.87. The highest BCUT2D eigenvalue weighted by Gasteiger charge is 2.30. The van der Waals surface area contributed by atoms with E-state index in [0.29, 0.717) is 6.61 Å². The Morgan fingerprint density at radius 1 is 1.47 bits per heavy atom. The summed E-state index contributed by atoms with van der Waals surface area (Å²) in [7, 11) is 0. The zero-order valence-corrected chi connectivity index (χ0v) is 10.3. The minimum absolute atomic E-state index is 0.561. The Morgan fingerprint density at radius 3 is 2.94 bits per heavy atom. The Labute approximate surface area is 99.8 Å². The standard InChI is InChI=1S/C12H17N3O2/c1-4-17-12(2,3)10(16)8-5-9-7-14-15-11(9)13-6-8/h5-7,10,16H,4H2,1-3H3,(H,13,14,15). The summed E-state index contributed by atoms with van der Waals surface area (Å²) in [5.74, 6) is 0. The van der Waals surface area contributed by atoms with Gasteiger partial charge in [-0.3, -0.25) is 5.10 Å². The number of aromatic nitrogens is 3. The van der Waals surface area contributed by atoms with Crippen molar-refractivity contribution in [1.29, 1.82) is 0 Å². The van der Waals surface area contributed by atoms with Gasteiger partial charge in [-0.2, -0.15) is 5.10 Å². The Bertz CT molecular complexity index is 507. The molecule has 2 rings (SSSR count). The highest BCUT2D eigenvalue weighted by Crippen LogP contribution is 2.29. The van der Waals surface area contributed by atoms with Gasteiger partial charge in [-0.15, -0.1) is 0 Å². The predicted octanol–water partition coefficient (Wildman–Crippen LogP) is 1.81. The number of fused-ring (bicyclic) bond motifs is 1. The highest BCUT2D eigenvalue weighted by atomic mass is 16.5. The second-order valence-electron chi connectivity index (χ2n) is 4.52. The van der Waals surface area contributed by atoms with Gasteiger partial charge in [0.2, 0.25) is 0 Å². The molecule has 17 heavy (non-hydrogen) atoms. The summed E-state index contributed by atoms with van der Waals surface area (Å²) < 4.78 is 5.54. The van der Waals surface area contributed by atoms with E-state index < -0.39 is 11.7 Å². The van der Waals surface area contributed by atoms with Crippen LogP contribution in [-0.4, -0.2) is 32.5 Å². The Hall–Kier alpha value is -1.46. The number of hydrogen-bond acceptors (Lipinski definition) is 4. The second-order valence-corrected chi connectivity index (χ2v) is 4.52. The van der Waals surface area contributed by atoms with Gasteiger partial charge in [0.15, 0.2) is 5.65 Å². The van der Waals surface area contributed by atoms with Crippen LogP contribution < -0.4 is 0 Å². The van der Waals surface area contributed by atoms with E-state index in [1.165, 1.54) is 0 Å². The largest absolute Gasteiger partial charge is 0.385 e. The number of nitrogens with one attached hydrogen (secondary N) is 1. The fourth-order valence-corrected chi connectivity index (χ4v) is 1.86. The van der Waals surface area contributed by atoms with E-state index in [0.717, 1.165) is 16.6 Å². The van der Waals surface area contributed by atoms with Crippen molar-refractivity contribution in [1.82, 2.24) is 15.2 Å².